The monoisotopic (exact) mass is 280 g/mol. The van der Waals surface area contributed by atoms with Gasteiger partial charge in [-0.05, 0) is 36.8 Å². The zero-order chi connectivity index (χ0) is 14.7. The summed E-state index contributed by atoms with van der Waals surface area (Å²) in [5.74, 6) is 1.54. The number of aldehydes is 1. The summed E-state index contributed by atoms with van der Waals surface area (Å²) in [5.41, 5.74) is 2.63. The number of carbonyl (C=O) groups is 1. The van der Waals surface area contributed by atoms with Gasteiger partial charge in [0.15, 0.2) is 0 Å². The molecule has 21 heavy (non-hydrogen) atoms. The lowest BCUT2D eigenvalue weighted by Crippen LogP contribution is -2.19. The fourth-order valence-corrected chi connectivity index (χ4v) is 2.26. The van der Waals surface area contributed by atoms with Gasteiger partial charge in [0, 0.05) is 11.1 Å². The van der Waals surface area contributed by atoms with Crippen molar-refractivity contribution in [2.24, 2.45) is 0 Å². The molecule has 3 nitrogen and oxygen atoms in total. The van der Waals surface area contributed by atoms with Crippen LogP contribution in [-0.2, 0) is 11.4 Å². The zero-order valence-corrected chi connectivity index (χ0v) is 11.8. The molecule has 0 radical (unpaired) electrons. The van der Waals surface area contributed by atoms with Crippen molar-refractivity contribution < 1.29 is 14.3 Å². The fourth-order valence-electron chi connectivity index (χ4n) is 2.26. The highest BCUT2D eigenvalue weighted by Gasteiger charge is 2.18. The Morgan fingerprint density at radius 1 is 1.19 bits per heavy atom. The van der Waals surface area contributed by atoms with Gasteiger partial charge in [0.2, 0.25) is 0 Å². The van der Waals surface area contributed by atoms with E-state index in [2.05, 4.69) is 0 Å². The maximum atomic E-state index is 11.0. The summed E-state index contributed by atoms with van der Waals surface area (Å²) in [7, 11) is 0. The van der Waals surface area contributed by atoms with Crippen LogP contribution < -0.4 is 9.47 Å². The van der Waals surface area contributed by atoms with Crippen molar-refractivity contribution in [3.8, 4) is 11.5 Å². The van der Waals surface area contributed by atoms with Crippen LogP contribution in [-0.4, -0.2) is 12.4 Å². The molecule has 0 bridgehead atoms. The van der Waals surface area contributed by atoms with Crippen LogP contribution in [0, 0.1) is 0 Å². The Kier molecular flexibility index (Phi) is 3.73. The van der Waals surface area contributed by atoms with Gasteiger partial charge >= 0.3 is 0 Å². The highest BCUT2D eigenvalue weighted by atomic mass is 16.5. The van der Waals surface area contributed by atoms with Gasteiger partial charge in [0.25, 0.3) is 0 Å². The van der Waals surface area contributed by atoms with Crippen molar-refractivity contribution in [3.05, 3.63) is 65.2 Å². The first-order chi connectivity index (χ1) is 10.3. The summed E-state index contributed by atoms with van der Waals surface area (Å²) in [6, 6.07) is 15.7. The van der Waals surface area contributed by atoms with Gasteiger partial charge in [0.05, 0.1) is 0 Å². The Hall–Kier alpha value is -2.55. The van der Waals surface area contributed by atoms with Crippen molar-refractivity contribution in [1.82, 2.24) is 0 Å². The third-order valence-corrected chi connectivity index (χ3v) is 3.46. The zero-order valence-electron chi connectivity index (χ0n) is 11.8. The van der Waals surface area contributed by atoms with E-state index in [1.165, 1.54) is 0 Å². The second kappa shape index (κ2) is 5.83. The van der Waals surface area contributed by atoms with Crippen molar-refractivity contribution in [2.75, 3.05) is 0 Å². The molecule has 1 heterocycles. The Morgan fingerprint density at radius 3 is 2.76 bits per heavy atom. The van der Waals surface area contributed by atoms with E-state index in [9.17, 15) is 4.79 Å². The molecule has 2 aromatic carbocycles. The first-order valence-electron chi connectivity index (χ1n) is 6.90. The maximum absolute atomic E-state index is 11.0. The quantitative estimate of drug-likeness (QED) is 0.802. The molecule has 1 atom stereocenters. The Morgan fingerprint density at radius 2 is 2.00 bits per heavy atom. The number of carbonyl (C=O) groups excluding carboxylic acids is 1. The number of fused-ring (bicyclic) bond motifs is 1. The third kappa shape index (κ3) is 2.97. The topological polar surface area (TPSA) is 35.5 Å². The van der Waals surface area contributed by atoms with E-state index in [1.807, 2.05) is 61.5 Å². The molecule has 0 amide bonds. The molecule has 0 spiro atoms. The largest absolute Gasteiger partial charge is 0.489 e. The predicted molar refractivity (Wildman–Crippen MR) is 81.3 cm³/mol. The molecule has 1 aliphatic rings. The smallest absolute Gasteiger partial charge is 0.149 e. The van der Waals surface area contributed by atoms with E-state index in [0.717, 1.165) is 28.9 Å². The van der Waals surface area contributed by atoms with E-state index >= 15 is 0 Å². The van der Waals surface area contributed by atoms with Gasteiger partial charge in [-0.2, -0.15) is 0 Å². The molecule has 106 valence electrons. The molecule has 3 heteroatoms. The average molecular weight is 280 g/mol. The van der Waals surface area contributed by atoms with Gasteiger partial charge in [-0.25, -0.2) is 0 Å². The molecule has 0 N–H and O–H groups in total. The van der Waals surface area contributed by atoms with Gasteiger partial charge in [-0.3, -0.25) is 4.79 Å². The van der Waals surface area contributed by atoms with Gasteiger partial charge in [-0.15, -0.1) is 0 Å². The number of ether oxygens (including phenoxy) is 2. The summed E-state index contributed by atoms with van der Waals surface area (Å²) in [6.45, 7) is 2.38. The number of benzene rings is 2. The molecule has 0 saturated carbocycles. The molecule has 0 unspecified atom stereocenters. The second-order valence-electron chi connectivity index (χ2n) is 5.00. The van der Waals surface area contributed by atoms with Crippen LogP contribution in [0.5, 0.6) is 11.5 Å². The van der Waals surface area contributed by atoms with E-state index in [0.29, 0.717) is 12.2 Å². The lowest BCUT2D eigenvalue weighted by atomic mass is 10.0. The number of hydrogen-bond donors (Lipinski definition) is 0. The molecule has 0 fully saturated rings. The second-order valence-corrected chi connectivity index (χ2v) is 5.00. The van der Waals surface area contributed by atoms with Crippen LogP contribution in [0.25, 0.3) is 6.08 Å². The van der Waals surface area contributed by atoms with Crippen LogP contribution in [0.1, 0.15) is 18.1 Å². The van der Waals surface area contributed by atoms with Crippen LogP contribution in [0.4, 0.5) is 0 Å². The van der Waals surface area contributed by atoms with E-state index in [4.69, 9.17) is 9.47 Å². The highest BCUT2D eigenvalue weighted by molar-refractivity contribution is 5.85. The number of hydrogen-bond acceptors (Lipinski definition) is 3. The Balaban J connectivity index is 1.78. The summed E-state index contributed by atoms with van der Waals surface area (Å²) < 4.78 is 11.5. The lowest BCUT2D eigenvalue weighted by molar-refractivity contribution is -0.105. The summed E-state index contributed by atoms with van der Waals surface area (Å²) in [6.07, 6.45) is 2.49. The molecule has 1 aliphatic heterocycles. The van der Waals surface area contributed by atoms with Crippen LogP contribution in [0.2, 0.25) is 0 Å². The molecule has 2 aromatic rings. The predicted octanol–water partition coefficient (Wildman–Crippen LogP) is 3.63. The fraction of sp³-hybridized carbons (Fsp3) is 0.167. The summed E-state index contributed by atoms with van der Waals surface area (Å²) in [5, 5.41) is 0. The lowest BCUT2D eigenvalue weighted by Gasteiger charge is -2.22. The van der Waals surface area contributed by atoms with Crippen LogP contribution in [0.3, 0.4) is 0 Å². The van der Waals surface area contributed by atoms with E-state index < -0.39 is 0 Å². The van der Waals surface area contributed by atoms with Gasteiger partial charge in [-0.1, -0.05) is 30.3 Å². The highest BCUT2D eigenvalue weighted by Crippen LogP contribution is 2.32. The first kappa shape index (κ1) is 13.4. The minimum atomic E-state index is -0.203. The van der Waals surface area contributed by atoms with E-state index in [-0.39, 0.29) is 6.10 Å². The normalized spacial score (nSPS) is 16.4. The Bertz CT molecular complexity index is 674. The standard InChI is InChI=1S/C18H16O3/c1-13-16(11-19)9-15-10-17(7-8-18(15)21-13)20-12-14-5-3-2-4-6-14/h2-11,13H,12H2,1H3/t13-/m1/s1. The summed E-state index contributed by atoms with van der Waals surface area (Å²) in [4.78, 5) is 11.0. The SMILES string of the molecule is C[C@H]1Oc2ccc(OCc3ccccc3)cc2C=C1C=O. The van der Waals surface area contributed by atoms with Crippen LogP contribution in [0.15, 0.2) is 54.1 Å². The average Bonchev–Trinajstić information content (AvgIpc) is 2.53. The minimum absolute atomic E-state index is 0.203. The van der Waals surface area contributed by atoms with Crippen molar-refractivity contribution in [1.29, 1.82) is 0 Å². The molecule has 0 aromatic heterocycles. The maximum Gasteiger partial charge on any atom is 0.149 e. The molecule has 3 rings (SSSR count). The third-order valence-electron chi connectivity index (χ3n) is 3.46. The van der Waals surface area contributed by atoms with Crippen molar-refractivity contribution >= 4 is 12.4 Å². The molecular weight excluding hydrogens is 264 g/mol. The molecule has 0 saturated heterocycles. The van der Waals surface area contributed by atoms with Crippen LogP contribution >= 0.6 is 0 Å². The van der Waals surface area contributed by atoms with Gasteiger partial charge < -0.3 is 9.47 Å². The first-order valence-corrected chi connectivity index (χ1v) is 6.90. The molecule has 0 aliphatic carbocycles. The minimum Gasteiger partial charge on any atom is -0.489 e. The summed E-state index contributed by atoms with van der Waals surface area (Å²) >= 11 is 0. The number of rotatable bonds is 4. The van der Waals surface area contributed by atoms with E-state index in [1.54, 1.807) is 0 Å². The van der Waals surface area contributed by atoms with Gasteiger partial charge in [0.1, 0.15) is 30.5 Å². The van der Waals surface area contributed by atoms with Crippen molar-refractivity contribution in [3.63, 3.8) is 0 Å². The molecular formula is C18H16O3. The van der Waals surface area contributed by atoms with Crippen molar-refractivity contribution in [2.45, 2.75) is 19.6 Å². The Labute approximate surface area is 123 Å².